The summed E-state index contributed by atoms with van der Waals surface area (Å²) in [6, 6.07) is 30.5. The van der Waals surface area contributed by atoms with Crippen molar-refractivity contribution in [2.24, 2.45) is 0 Å². The topological polar surface area (TPSA) is 78.1 Å². The number of hydrogen-bond donors (Lipinski definition) is 2. The number of H-pyrrole nitrogens is 1. The van der Waals surface area contributed by atoms with E-state index in [2.05, 4.69) is 15.3 Å². The van der Waals surface area contributed by atoms with Gasteiger partial charge in [-0.1, -0.05) is 36.4 Å². The summed E-state index contributed by atoms with van der Waals surface area (Å²) < 4.78 is 0. The third-order valence-electron chi connectivity index (χ3n) is 6.03. The molecule has 6 heteroatoms. The fraction of sp³-hybridized carbons (Fsp3) is 0.0357. The van der Waals surface area contributed by atoms with Gasteiger partial charge in [0.05, 0.1) is 27.8 Å². The molecular formula is C28H20N4O2. The molecule has 2 heterocycles. The van der Waals surface area contributed by atoms with E-state index in [4.69, 9.17) is 0 Å². The summed E-state index contributed by atoms with van der Waals surface area (Å²) in [6.07, 6.45) is 0. The van der Waals surface area contributed by atoms with Gasteiger partial charge in [-0.15, -0.1) is 0 Å². The van der Waals surface area contributed by atoms with Crippen LogP contribution in [0, 0.1) is 0 Å². The van der Waals surface area contributed by atoms with Gasteiger partial charge in [0.1, 0.15) is 5.82 Å². The molecule has 0 aliphatic carbocycles. The van der Waals surface area contributed by atoms with Gasteiger partial charge in [-0.2, -0.15) is 0 Å². The van der Waals surface area contributed by atoms with Crippen molar-refractivity contribution in [1.29, 1.82) is 0 Å². The Morgan fingerprint density at radius 2 is 1.38 bits per heavy atom. The Hall–Kier alpha value is -4.71. The van der Waals surface area contributed by atoms with Crippen LogP contribution in [0.4, 0.5) is 11.4 Å². The Labute approximate surface area is 195 Å². The zero-order valence-corrected chi connectivity index (χ0v) is 18.2. The van der Waals surface area contributed by atoms with Crippen molar-refractivity contribution in [3.8, 4) is 11.4 Å². The molecule has 2 N–H and O–H groups in total. The van der Waals surface area contributed by atoms with Crippen molar-refractivity contribution in [1.82, 2.24) is 9.97 Å². The standard InChI is InChI=1S/C28H20N4O2/c33-27-22-5-1-2-6-23(22)28(34)32(27)21-15-9-18(10-16-21)17-29-20-13-11-19(12-14-20)26-30-24-7-3-4-8-25(24)31-26/h1-16,29H,17H2,(H,30,31). The smallest absolute Gasteiger partial charge is 0.266 e. The quantitative estimate of drug-likeness (QED) is 0.344. The first-order chi connectivity index (χ1) is 16.7. The van der Waals surface area contributed by atoms with Crippen LogP contribution in [-0.2, 0) is 6.54 Å². The number of para-hydroxylation sites is 2. The van der Waals surface area contributed by atoms with Gasteiger partial charge in [-0.25, -0.2) is 9.88 Å². The van der Waals surface area contributed by atoms with Crippen molar-refractivity contribution < 1.29 is 9.59 Å². The fourth-order valence-electron chi connectivity index (χ4n) is 4.23. The lowest BCUT2D eigenvalue weighted by Gasteiger charge is -2.14. The number of amides is 2. The van der Waals surface area contributed by atoms with Crippen LogP contribution in [0.15, 0.2) is 97.1 Å². The minimum Gasteiger partial charge on any atom is -0.381 e. The summed E-state index contributed by atoms with van der Waals surface area (Å²) in [6.45, 7) is 0.617. The molecule has 0 bridgehead atoms. The first kappa shape index (κ1) is 19.9. The van der Waals surface area contributed by atoms with Gasteiger partial charge >= 0.3 is 0 Å². The number of imide groups is 1. The van der Waals surface area contributed by atoms with E-state index >= 15 is 0 Å². The molecule has 6 nitrogen and oxygen atoms in total. The van der Waals surface area contributed by atoms with Crippen LogP contribution >= 0.6 is 0 Å². The van der Waals surface area contributed by atoms with Crippen molar-refractivity contribution in [3.05, 3.63) is 114 Å². The van der Waals surface area contributed by atoms with E-state index in [0.29, 0.717) is 23.4 Å². The second-order valence-electron chi connectivity index (χ2n) is 8.19. The largest absolute Gasteiger partial charge is 0.381 e. The molecule has 164 valence electrons. The van der Waals surface area contributed by atoms with E-state index < -0.39 is 0 Å². The summed E-state index contributed by atoms with van der Waals surface area (Å²) in [7, 11) is 0. The summed E-state index contributed by atoms with van der Waals surface area (Å²) >= 11 is 0. The minimum absolute atomic E-state index is 0.281. The van der Waals surface area contributed by atoms with E-state index in [1.807, 2.05) is 72.8 Å². The van der Waals surface area contributed by atoms with Gasteiger partial charge in [0.2, 0.25) is 0 Å². The van der Waals surface area contributed by atoms with Gasteiger partial charge < -0.3 is 10.3 Å². The lowest BCUT2D eigenvalue weighted by atomic mass is 10.1. The second-order valence-corrected chi connectivity index (χ2v) is 8.19. The molecule has 4 aromatic carbocycles. The van der Waals surface area contributed by atoms with Crippen LogP contribution < -0.4 is 10.2 Å². The van der Waals surface area contributed by atoms with Crippen LogP contribution in [0.5, 0.6) is 0 Å². The number of nitrogens with zero attached hydrogens (tertiary/aromatic N) is 2. The molecule has 2 amide bonds. The summed E-state index contributed by atoms with van der Waals surface area (Å²) in [5, 5.41) is 3.41. The monoisotopic (exact) mass is 444 g/mol. The Morgan fingerprint density at radius 1 is 0.735 bits per heavy atom. The molecular weight excluding hydrogens is 424 g/mol. The van der Waals surface area contributed by atoms with Crippen molar-refractivity contribution in [2.75, 3.05) is 10.2 Å². The number of imidazole rings is 1. The molecule has 1 aliphatic rings. The van der Waals surface area contributed by atoms with Crippen LogP contribution in [0.3, 0.4) is 0 Å². The van der Waals surface area contributed by atoms with E-state index in [1.54, 1.807) is 24.3 Å². The predicted octanol–water partition coefficient (Wildman–Crippen LogP) is 5.64. The first-order valence-corrected chi connectivity index (χ1v) is 11.0. The molecule has 1 aliphatic heterocycles. The van der Waals surface area contributed by atoms with E-state index in [0.717, 1.165) is 33.7 Å². The van der Waals surface area contributed by atoms with E-state index in [9.17, 15) is 9.59 Å². The van der Waals surface area contributed by atoms with Gasteiger partial charge in [0.25, 0.3) is 11.8 Å². The number of aromatic nitrogens is 2. The highest BCUT2D eigenvalue weighted by molar-refractivity contribution is 6.34. The van der Waals surface area contributed by atoms with Crippen molar-refractivity contribution >= 4 is 34.2 Å². The zero-order chi connectivity index (χ0) is 23.1. The lowest BCUT2D eigenvalue weighted by molar-refractivity contribution is 0.0926. The molecule has 6 rings (SSSR count). The van der Waals surface area contributed by atoms with Gasteiger partial charge in [0, 0.05) is 17.8 Å². The number of fused-ring (bicyclic) bond motifs is 2. The number of rotatable bonds is 5. The van der Waals surface area contributed by atoms with Gasteiger partial charge in [-0.3, -0.25) is 9.59 Å². The summed E-state index contributed by atoms with van der Waals surface area (Å²) in [4.78, 5) is 34.6. The number of carbonyl (C=O) groups excluding carboxylic acids is 2. The average Bonchev–Trinajstić information content (AvgIpc) is 3.43. The molecule has 0 radical (unpaired) electrons. The molecule has 0 saturated heterocycles. The normalized spacial score (nSPS) is 12.9. The zero-order valence-electron chi connectivity index (χ0n) is 18.2. The second kappa shape index (κ2) is 8.01. The summed E-state index contributed by atoms with van der Waals surface area (Å²) in [5.74, 6) is 0.281. The Kier molecular flexibility index (Phi) is 4.70. The number of aromatic amines is 1. The van der Waals surface area contributed by atoms with Gasteiger partial charge in [0.15, 0.2) is 0 Å². The average molecular weight is 444 g/mol. The van der Waals surface area contributed by atoms with E-state index in [-0.39, 0.29) is 11.8 Å². The number of benzene rings is 4. The van der Waals surface area contributed by atoms with Crippen molar-refractivity contribution in [2.45, 2.75) is 6.54 Å². The van der Waals surface area contributed by atoms with Crippen molar-refractivity contribution in [3.63, 3.8) is 0 Å². The molecule has 0 fully saturated rings. The molecule has 0 atom stereocenters. The highest BCUT2D eigenvalue weighted by Crippen LogP contribution is 2.28. The molecule has 5 aromatic rings. The first-order valence-electron chi connectivity index (χ1n) is 11.0. The number of hydrogen-bond acceptors (Lipinski definition) is 4. The predicted molar refractivity (Wildman–Crippen MR) is 133 cm³/mol. The molecule has 0 saturated carbocycles. The lowest BCUT2D eigenvalue weighted by Crippen LogP contribution is -2.29. The van der Waals surface area contributed by atoms with Crippen LogP contribution in [0.2, 0.25) is 0 Å². The summed E-state index contributed by atoms with van der Waals surface area (Å²) in [5.41, 5.74) is 6.49. The maximum atomic E-state index is 12.7. The molecule has 34 heavy (non-hydrogen) atoms. The number of carbonyl (C=O) groups is 2. The molecule has 0 unspecified atom stereocenters. The Balaban J connectivity index is 1.13. The van der Waals surface area contributed by atoms with Crippen LogP contribution in [0.1, 0.15) is 26.3 Å². The number of nitrogens with one attached hydrogen (secondary N) is 2. The third kappa shape index (κ3) is 3.42. The highest BCUT2D eigenvalue weighted by atomic mass is 16.2. The SMILES string of the molecule is O=C1c2ccccc2C(=O)N1c1ccc(CNc2ccc(-c3nc4ccccc4[nH]3)cc2)cc1. The van der Waals surface area contributed by atoms with Crippen LogP contribution in [0.25, 0.3) is 22.4 Å². The van der Waals surface area contributed by atoms with E-state index in [1.165, 1.54) is 4.90 Å². The highest BCUT2D eigenvalue weighted by Gasteiger charge is 2.36. The molecule has 0 spiro atoms. The van der Waals surface area contributed by atoms with Crippen LogP contribution in [-0.4, -0.2) is 21.8 Å². The third-order valence-corrected chi connectivity index (χ3v) is 6.03. The maximum Gasteiger partial charge on any atom is 0.266 e. The number of anilines is 2. The molecule has 1 aromatic heterocycles. The Morgan fingerprint density at radius 3 is 2.06 bits per heavy atom. The minimum atomic E-state index is -0.281. The fourth-order valence-corrected chi connectivity index (χ4v) is 4.23. The Bertz CT molecular complexity index is 1470. The van der Waals surface area contributed by atoms with Gasteiger partial charge in [-0.05, 0) is 66.2 Å². The maximum absolute atomic E-state index is 12.7.